The van der Waals surface area contributed by atoms with Gasteiger partial charge in [-0.2, -0.15) is 0 Å². The summed E-state index contributed by atoms with van der Waals surface area (Å²) in [4.78, 5) is 11.5. The molecule has 1 rings (SSSR count). The van der Waals surface area contributed by atoms with E-state index in [1.807, 2.05) is 32.0 Å². The molecular weight excluding hydrogens is 216 g/mol. The summed E-state index contributed by atoms with van der Waals surface area (Å²) in [5, 5.41) is 12.4. The predicted molar refractivity (Wildman–Crippen MR) is 68.0 cm³/mol. The highest BCUT2D eigenvalue weighted by atomic mass is 16.4. The van der Waals surface area contributed by atoms with E-state index in [0.29, 0.717) is 13.1 Å². The third kappa shape index (κ3) is 2.84. The molecule has 0 aromatic heterocycles. The molecular formula is C13H20N2O2. The minimum absolute atomic E-state index is 0.410. The predicted octanol–water partition coefficient (Wildman–Crippen LogP) is 1.15. The highest BCUT2D eigenvalue weighted by molar-refractivity contribution is 5.80. The Bertz CT molecular complexity index is 418. The Morgan fingerprint density at radius 3 is 2.59 bits per heavy atom. The van der Waals surface area contributed by atoms with Crippen LogP contribution in [0.4, 0.5) is 0 Å². The molecule has 0 amide bonds. The molecule has 4 heteroatoms. The minimum Gasteiger partial charge on any atom is -0.480 e. The van der Waals surface area contributed by atoms with Crippen LogP contribution in [0.2, 0.25) is 0 Å². The number of carboxylic acid groups (broad SMARTS) is 1. The molecule has 1 aromatic carbocycles. The van der Waals surface area contributed by atoms with Gasteiger partial charge in [0, 0.05) is 13.1 Å². The van der Waals surface area contributed by atoms with Gasteiger partial charge < -0.3 is 10.8 Å². The first kappa shape index (κ1) is 13.7. The van der Waals surface area contributed by atoms with Gasteiger partial charge in [-0.05, 0) is 31.9 Å². The monoisotopic (exact) mass is 236 g/mol. The average Bonchev–Trinajstić information content (AvgIpc) is 2.25. The normalized spacial score (nSPS) is 14.4. The first-order valence-electron chi connectivity index (χ1n) is 5.68. The highest BCUT2D eigenvalue weighted by Gasteiger charge is 2.35. The highest BCUT2D eigenvalue weighted by Crippen LogP contribution is 2.25. The molecule has 0 aliphatic rings. The summed E-state index contributed by atoms with van der Waals surface area (Å²) in [6, 6.07) is 5.77. The molecule has 4 N–H and O–H groups in total. The second kappa shape index (κ2) is 5.29. The van der Waals surface area contributed by atoms with Gasteiger partial charge in [-0.15, -0.1) is 0 Å². The van der Waals surface area contributed by atoms with Crippen molar-refractivity contribution < 1.29 is 9.90 Å². The lowest BCUT2D eigenvalue weighted by Gasteiger charge is -2.28. The lowest BCUT2D eigenvalue weighted by atomic mass is 9.87. The van der Waals surface area contributed by atoms with Crippen LogP contribution in [0, 0.1) is 13.8 Å². The quantitative estimate of drug-likeness (QED) is 0.717. The van der Waals surface area contributed by atoms with Crippen molar-refractivity contribution >= 4 is 5.97 Å². The number of rotatable bonds is 5. The SMILES string of the molecule is Cc1ccc(C(C)(NCCN)C(=O)O)c(C)c1. The maximum atomic E-state index is 11.5. The van der Waals surface area contributed by atoms with Crippen molar-refractivity contribution in [1.29, 1.82) is 0 Å². The van der Waals surface area contributed by atoms with E-state index in [1.165, 1.54) is 0 Å². The molecule has 0 radical (unpaired) electrons. The van der Waals surface area contributed by atoms with Crippen LogP contribution in [0.3, 0.4) is 0 Å². The Morgan fingerprint density at radius 1 is 1.47 bits per heavy atom. The van der Waals surface area contributed by atoms with Crippen LogP contribution in [0.15, 0.2) is 18.2 Å². The molecule has 4 nitrogen and oxygen atoms in total. The number of nitrogens with two attached hydrogens (primary N) is 1. The summed E-state index contributed by atoms with van der Waals surface area (Å²) in [6.07, 6.45) is 0. The van der Waals surface area contributed by atoms with Crippen LogP contribution in [-0.4, -0.2) is 24.2 Å². The average molecular weight is 236 g/mol. The van der Waals surface area contributed by atoms with Gasteiger partial charge in [-0.3, -0.25) is 5.32 Å². The van der Waals surface area contributed by atoms with Crippen LogP contribution in [0.1, 0.15) is 23.6 Å². The van der Waals surface area contributed by atoms with Gasteiger partial charge >= 0.3 is 5.97 Å². The van der Waals surface area contributed by atoms with E-state index >= 15 is 0 Å². The molecule has 1 unspecified atom stereocenters. The van der Waals surface area contributed by atoms with Crippen molar-refractivity contribution in [2.24, 2.45) is 5.73 Å². The van der Waals surface area contributed by atoms with E-state index in [-0.39, 0.29) is 0 Å². The molecule has 1 aromatic rings. The van der Waals surface area contributed by atoms with Crippen molar-refractivity contribution in [3.05, 3.63) is 34.9 Å². The molecule has 1 atom stereocenters. The van der Waals surface area contributed by atoms with Crippen molar-refractivity contribution in [3.8, 4) is 0 Å². The second-order valence-electron chi connectivity index (χ2n) is 4.46. The third-order valence-electron chi connectivity index (χ3n) is 2.97. The lowest BCUT2D eigenvalue weighted by molar-refractivity contribution is -0.144. The van der Waals surface area contributed by atoms with E-state index in [1.54, 1.807) is 6.92 Å². The van der Waals surface area contributed by atoms with Gasteiger partial charge in [-0.1, -0.05) is 23.8 Å². The molecule has 0 spiro atoms. The molecule has 0 saturated heterocycles. The third-order valence-corrected chi connectivity index (χ3v) is 2.97. The fraction of sp³-hybridized carbons (Fsp3) is 0.462. The van der Waals surface area contributed by atoms with Gasteiger partial charge in [-0.25, -0.2) is 4.79 Å². The van der Waals surface area contributed by atoms with Crippen LogP contribution in [-0.2, 0) is 10.3 Å². The Balaban J connectivity index is 3.17. The van der Waals surface area contributed by atoms with Crippen LogP contribution >= 0.6 is 0 Å². The maximum Gasteiger partial charge on any atom is 0.328 e. The number of benzene rings is 1. The van der Waals surface area contributed by atoms with Crippen molar-refractivity contribution in [2.75, 3.05) is 13.1 Å². The summed E-state index contributed by atoms with van der Waals surface area (Å²) in [7, 11) is 0. The number of hydrogen-bond acceptors (Lipinski definition) is 3. The summed E-state index contributed by atoms with van der Waals surface area (Å²) in [5.74, 6) is -0.891. The van der Waals surface area contributed by atoms with E-state index < -0.39 is 11.5 Å². The molecule has 0 bridgehead atoms. The van der Waals surface area contributed by atoms with Crippen molar-refractivity contribution in [1.82, 2.24) is 5.32 Å². The largest absolute Gasteiger partial charge is 0.480 e. The fourth-order valence-electron chi connectivity index (χ4n) is 1.98. The Kier molecular flexibility index (Phi) is 4.26. The molecule has 0 aliphatic heterocycles. The summed E-state index contributed by atoms with van der Waals surface area (Å²) >= 11 is 0. The van der Waals surface area contributed by atoms with E-state index in [9.17, 15) is 9.90 Å². The second-order valence-corrected chi connectivity index (χ2v) is 4.46. The minimum atomic E-state index is -1.09. The summed E-state index contributed by atoms with van der Waals surface area (Å²) < 4.78 is 0. The summed E-state index contributed by atoms with van der Waals surface area (Å²) in [6.45, 7) is 6.46. The van der Waals surface area contributed by atoms with Crippen molar-refractivity contribution in [3.63, 3.8) is 0 Å². The van der Waals surface area contributed by atoms with Gasteiger partial charge in [0.05, 0.1) is 0 Å². The zero-order valence-corrected chi connectivity index (χ0v) is 10.6. The van der Waals surface area contributed by atoms with Crippen molar-refractivity contribution in [2.45, 2.75) is 26.3 Å². The van der Waals surface area contributed by atoms with E-state index in [0.717, 1.165) is 16.7 Å². The Hall–Kier alpha value is -1.39. The van der Waals surface area contributed by atoms with Gasteiger partial charge in [0.1, 0.15) is 5.54 Å². The smallest absolute Gasteiger partial charge is 0.328 e. The molecule has 0 aliphatic carbocycles. The van der Waals surface area contributed by atoms with E-state index in [4.69, 9.17) is 5.73 Å². The van der Waals surface area contributed by atoms with Crippen LogP contribution in [0.25, 0.3) is 0 Å². The fourth-order valence-corrected chi connectivity index (χ4v) is 1.98. The van der Waals surface area contributed by atoms with E-state index in [2.05, 4.69) is 5.32 Å². The molecule has 94 valence electrons. The molecule has 0 saturated carbocycles. The zero-order chi connectivity index (χ0) is 13.1. The summed E-state index contributed by atoms with van der Waals surface area (Å²) in [5.41, 5.74) is 7.21. The number of aryl methyl sites for hydroxylation is 2. The number of carbonyl (C=O) groups is 1. The number of carboxylic acids is 1. The first-order chi connectivity index (χ1) is 7.91. The molecule has 0 fully saturated rings. The van der Waals surface area contributed by atoms with Crippen LogP contribution < -0.4 is 11.1 Å². The maximum absolute atomic E-state index is 11.5. The van der Waals surface area contributed by atoms with Gasteiger partial charge in [0.25, 0.3) is 0 Å². The van der Waals surface area contributed by atoms with Crippen LogP contribution in [0.5, 0.6) is 0 Å². The standard InChI is InChI=1S/C13H20N2O2/c1-9-4-5-11(10(2)8-9)13(3,12(16)17)15-7-6-14/h4-5,8,15H,6-7,14H2,1-3H3,(H,16,17). The number of nitrogens with one attached hydrogen (secondary N) is 1. The molecule has 17 heavy (non-hydrogen) atoms. The first-order valence-corrected chi connectivity index (χ1v) is 5.68. The Morgan fingerprint density at radius 2 is 2.12 bits per heavy atom. The Labute approximate surface area is 102 Å². The number of hydrogen-bond donors (Lipinski definition) is 3. The van der Waals surface area contributed by atoms with Gasteiger partial charge in [0.15, 0.2) is 0 Å². The topological polar surface area (TPSA) is 75.3 Å². The lowest BCUT2D eigenvalue weighted by Crippen LogP contribution is -2.48. The zero-order valence-electron chi connectivity index (χ0n) is 10.6. The van der Waals surface area contributed by atoms with Gasteiger partial charge in [0.2, 0.25) is 0 Å². The molecule has 0 heterocycles. The number of aliphatic carboxylic acids is 1.